The third-order valence-electron chi connectivity index (χ3n) is 4.38. The Hall–Kier alpha value is -3.60. The number of carbonyl (C=O) groups is 3. The molecule has 10 nitrogen and oxygen atoms in total. The number of nitrogens with one attached hydrogen (secondary N) is 1. The number of amides is 2. The predicted octanol–water partition coefficient (Wildman–Crippen LogP) is 1.64. The van der Waals surface area contributed by atoms with E-state index in [1.54, 1.807) is 42.6 Å². The van der Waals surface area contributed by atoms with Gasteiger partial charge in [0.2, 0.25) is 5.91 Å². The molecule has 0 spiro atoms. The van der Waals surface area contributed by atoms with Crippen LogP contribution in [-0.4, -0.2) is 50.6 Å². The van der Waals surface area contributed by atoms with Crippen LogP contribution in [-0.2, 0) is 14.3 Å². The average molecular weight is 412 g/mol. The van der Waals surface area contributed by atoms with E-state index < -0.39 is 18.5 Å². The Morgan fingerprint density at radius 3 is 2.90 bits per heavy atom. The number of thiophene rings is 1. The number of aromatic nitrogens is 4. The highest BCUT2D eigenvalue weighted by atomic mass is 32.1. The molecule has 1 atom stereocenters. The van der Waals surface area contributed by atoms with E-state index in [1.165, 1.54) is 27.2 Å². The summed E-state index contributed by atoms with van der Waals surface area (Å²) in [5.74, 6) is -1.25. The second-order valence-corrected chi connectivity index (χ2v) is 7.26. The molecule has 0 radical (unpaired) electrons. The number of benzene rings is 1. The van der Waals surface area contributed by atoms with E-state index in [0.717, 1.165) is 0 Å². The summed E-state index contributed by atoms with van der Waals surface area (Å²) in [6, 6.07) is 8.31. The van der Waals surface area contributed by atoms with Crippen molar-refractivity contribution < 1.29 is 19.1 Å². The first-order valence-electron chi connectivity index (χ1n) is 8.73. The second kappa shape index (κ2) is 7.80. The molecule has 1 unspecified atom stereocenters. The number of carbonyl (C=O) groups excluding carboxylic acids is 3. The summed E-state index contributed by atoms with van der Waals surface area (Å²) in [5, 5.41) is 15.4. The van der Waals surface area contributed by atoms with Gasteiger partial charge in [-0.3, -0.25) is 9.59 Å². The Kier molecular flexibility index (Phi) is 5.04. The van der Waals surface area contributed by atoms with Crippen LogP contribution in [0.5, 0.6) is 0 Å². The molecular formula is C18H16N6O4S. The van der Waals surface area contributed by atoms with Crippen molar-refractivity contribution in [3.8, 4) is 5.69 Å². The van der Waals surface area contributed by atoms with Gasteiger partial charge in [0.25, 0.3) is 5.91 Å². The summed E-state index contributed by atoms with van der Waals surface area (Å²) in [6.07, 6.45) is 1.51. The lowest BCUT2D eigenvalue weighted by Crippen LogP contribution is -2.41. The number of tetrazole rings is 1. The Morgan fingerprint density at radius 1 is 1.28 bits per heavy atom. The summed E-state index contributed by atoms with van der Waals surface area (Å²) in [5.41, 5.74) is 1.58. The number of fused-ring (bicyclic) bond motifs is 1. The number of esters is 1. The van der Waals surface area contributed by atoms with E-state index in [1.807, 2.05) is 0 Å². The van der Waals surface area contributed by atoms with E-state index in [9.17, 15) is 14.4 Å². The smallest absolute Gasteiger partial charge is 0.351 e. The highest BCUT2D eigenvalue weighted by molar-refractivity contribution is 7.12. The first kappa shape index (κ1) is 18.7. The van der Waals surface area contributed by atoms with Crippen molar-refractivity contribution >= 4 is 40.5 Å². The van der Waals surface area contributed by atoms with Crippen molar-refractivity contribution in [2.75, 3.05) is 16.8 Å². The zero-order valence-electron chi connectivity index (χ0n) is 15.3. The molecule has 1 aromatic carbocycles. The lowest BCUT2D eigenvalue weighted by Gasteiger charge is -2.27. The highest BCUT2D eigenvalue weighted by Crippen LogP contribution is 2.31. The van der Waals surface area contributed by atoms with Gasteiger partial charge >= 0.3 is 5.97 Å². The lowest BCUT2D eigenvalue weighted by atomic mass is 10.1. The fourth-order valence-electron chi connectivity index (χ4n) is 3.14. The Balaban J connectivity index is 1.51. The Bertz CT molecular complexity index is 1060. The van der Waals surface area contributed by atoms with Gasteiger partial charge in [-0.05, 0) is 40.9 Å². The van der Waals surface area contributed by atoms with Crippen molar-refractivity contribution in [2.24, 2.45) is 0 Å². The van der Waals surface area contributed by atoms with Gasteiger partial charge in [-0.25, -0.2) is 4.79 Å². The molecule has 4 rings (SSSR count). The largest absolute Gasteiger partial charge is 0.451 e. The molecule has 0 fully saturated rings. The van der Waals surface area contributed by atoms with Crippen LogP contribution in [0, 0.1) is 0 Å². The lowest BCUT2D eigenvalue weighted by molar-refractivity contribution is -0.122. The Labute approximate surface area is 169 Å². The number of anilines is 2. The standard InChI is InChI=1S/C18H16N6O4S/c1-11-8-15(25)20-12-4-2-3-5-13(12)24(11)16(26)9-28-18(27)17-14(6-7-29-17)23-10-19-21-22-23/h2-7,10-11H,8-9H2,1H3,(H,20,25). The van der Waals surface area contributed by atoms with Crippen molar-refractivity contribution in [3.05, 3.63) is 46.9 Å². The van der Waals surface area contributed by atoms with Crippen LogP contribution in [0.4, 0.5) is 11.4 Å². The van der Waals surface area contributed by atoms with Crippen LogP contribution in [0.1, 0.15) is 23.0 Å². The highest BCUT2D eigenvalue weighted by Gasteiger charge is 2.30. The number of ether oxygens (including phenoxy) is 1. The third kappa shape index (κ3) is 3.72. The number of hydrogen-bond donors (Lipinski definition) is 1. The van der Waals surface area contributed by atoms with Crippen LogP contribution in [0.2, 0.25) is 0 Å². The van der Waals surface area contributed by atoms with Gasteiger partial charge < -0.3 is 15.0 Å². The minimum atomic E-state index is -0.649. The van der Waals surface area contributed by atoms with E-state index in [4.69, 9.17) is 4.74 Å². The van der Waals surface area contributed by atoms with Gasteiger partial charge in [-0.1, -0.05) is 12.1 Å². The minimum Gasteiger partial charge on any atom is -0.451 e. The first-order valence-corrected chi connectivity index (χ1v) is 9.61. The molecule has 1 N–H and O–H groups in total. The number of hydrogen-bond acceptors (Lipinski definition) is 8. The molecule has 2 amide bonds. The quantitative estimate of drug-likeness (QED) is 0.647. The second-order valence-electron chi connectivity index (χ2n) is 6.35. The van der Waals surface area contributed by atoms with Crippen LogP contribution in [0.3, 0.4) is 0 Å². The molecule has 1 aliphatic rings. The SMILES string of the molecule is CC1CC(=O)Nc2ccccc2N1C(=O)COC(=O)c1sccc1-n1cnnn1. The van der Waals surface area contributed by atoms with E-state index in [0.29, 0.717) is 17.1 Å². The summed E-state index contributed by atoms with van der Waals surface area (Å²) >= 11 is 1.17. The molecule has 0 saturated carbocycles. The van der Waals surface area contributed by atoms with Crippen LogP contribution in [0.15, 0.2) is 42.0 Å². The summed E-state index contributed by atoms with van der Waals surface area (Å²) in [7, 11) is 0. The van der Waals surface area contributed by atoms with Crippen LogP contribution in [0.25, 0.3) is 5.69 Å². The zero-order valence-corrected chi connectivity index (χ0v) is 16.1. The molecule has 3 heterocycles. The fourth-order valence-corrected chi connectivity index (χ4v) is 3.91. The maximum atomic E-state index is 12.9. The summed E-state index contributed by atoms with van der Waals surface area (Å²) in [6.45, 7) is 1.31. The van der Waals surface area contributed by atoms with E-state index >= 15 is 0 Å². The molecule has 3 aromatic rings. The van der Waals surface area contributed by atoms with Gasteiger partial charge in [0, 0.05) is 12.5 Å². The van der Waals surface area contributed by atoms with Gasteiger partial charge in [-0.15, -0.1) is 16.4 Å². The van der Waals surface area contributed by atoms with Crippen molar-refractivity contribution in [3.63, 3.8) is 0 Å². The van der Waals surface area contributed by atoms with Crippen LogP contribution >= 0.6 is 11.3 Å². The molecule has 1 aliphatic heterocycles. The fraction of sp³-hybridized carbons (Fsp3) is 0.222. The van der Waals surface area contributed by atoms with E-state index in [-0.39, 0.29) is 23.2 Å². The summed E-state index contributed by atoms with van der Waals surface area (Å²) < 4.78 is 6.61. The van der Waals surface area contributed by atoms with Crippen molar-refractivity contribution in [2.45, 2.75) is 19.4 Å². The molecule has 0 saturated heterocycles. The molecule has 0 aliphatic carbocycles. The number of para-hydroxylation sites is 2. The van der Waals surface area contributed by atoms with Gasteiger partial charge in [-0.2, -0.15) is 4.68 Å². The van der Waals surface area contributed by atoms with E-state index in [2.05, 4.69) is 20.8 Å². The molecule has 148 valence electrons. The third-order valence-corrected chi connectivity index (χ3v) is 5.26. The molecule has 29 heavy (non-hydrogen) atoms. The van der Waals surface area contributed by atoms with Crippen molar-refractivity contribution in [1.82, 2.24) is 20.2 Å². The normalized spacial score (nSPS) is 16.0. The minimum absolute atomic E-state index is 0.142. The van der Waals surface area contributed by atoms with Gasteiger partial charge in [0.15, 0.2) is 6.61 Å². The van der Waals surface area contributed by atoms with Gasteiger partial charge in [0.05, 0.1) is 17.1 Å². The monoisotopic (exact) mass is 412 g/mol. The predicted molar refractivity (Wildman–Crippen MR) is 104 cm³/mol. The topological polar surface area (TPSA) is 119 Å². The van der Waals surface area contributed by atoms with Crippen LogP contribution < -0.4 is 10.2 Å². The molecule has 11 heteroatoms. The summed E-state index contributed by atoms with van der Waals surface area (Å²) in [4.78, 5) is 39.2. The Morgan fingerprint density at radius 2 is 2.10 bits per heavy atom. The average Bonchev–Trinajstić information content (AvgIpc) is 3.36. The molecule has 2 aromatic heterocycles. The zero-order chi connectivity index (χ0) is 20.4. The number of nitrogens with zero attached hydrogens (tertiary/aromatic N) is 5. The molecular weight excluding hydrogens is 396 g/mol. The maximum absolute atomic E-state index is 12.9. The first-order chi connectivity index (χ1) is 14.0. The van der Waals surface area contributed by atoms with Gasteiger partial charge in [0.1, 0.15) is 11.2 Å². The number of rotatable bonds is 4. The van der Waals surface area contributed by atoms with Crippen molar-refractivity contribution in [1.29, 1.82) is 0 Å². The maximum Gasteiger partial charge on any atom is 0.351 e. The molecule has 0 bridgehead atoms.